The quantitative estimate of drug-likeness (QED) is 0.760. The normalized spacial score (nSPS) is 12.6. The van der Waals surface area contributed by atoms with E-state index in [4.69, 9.17) is 5.73 Å². The molecule has 0 heterocycles. The van der Waals surface area contributed by atoms with Gasteiger partial charge in [-0.05, 0) is 29.5 Å². The second-order valence-electron chi connectivity index (χ2n) is 5.03. The third-order valence-electron chi connectivity index (χ3n) is 2.53. The Kier molecular flexibility index (Phi) is 3.53. The summed E-state index contributed by atoms with van der Waals surface area (Å²) in [6.07, 6.45) is 1.85. The smallest absolute Gasteiger partial charge is 0.244 e. The predicted octanol–water partition coefficient (Wildman–Crippen LogP) is 2.87. The second kappa shape index (κ2) is 4.52. The first-order chi connectivity index (χ1) is 7.32. The van der Waals surface area contributed by atoms with E-state index in [1.54, 1.807) is 6.92 Å². The zero-order valence-electron chi connectivity index (χ0n) is 10.4. The number of primary amides is 1. The molecule has 2 nitrogen and oxygen atoms in total. The van der Waals surface area contributed by atoms with Crippen LogP contribution in [0.5, 0.6) is 0 Å². The van der Waals surface area contributed by atoms with E-state index in [9.17, 15) is 4.79 Å². The van der Waals surface area contributed by atoms with E-state index >= 15 is 0 Å². The summed E-state index contributed by atoms with van der Waals surface area (Å²) in [4.78, 5) is 11.0. The third kappa shape index (κ3) is 2.96. The maximum Gasteiger partial charge on any atom is 0.244 e. The lowest BCUT2D eigenvalue weighted by Gasteiger charge is -2.21. The minimum absolute atomic E-state index is 0.0605. The molecule has 0 aromatic heterocycles. The Labute approximate surface area is 97.2 Å². The van der Waals surface area contributed by atoms with Crippen LogP contribution >= 0.6 is 0 Å². The highest BCUT2D eigenvalue weighted by Gasteiger charge is 2.16. The summed E-state index contributed by atoms with van der Waals surface area (Å²) in [5.74, 6) is -0.372. The average Bonchev–Trinajstić information content (AvgIpc) is 2.16. The van der Waals surface area contributed by atoms with Gasteiger partial charge in [-0.15, -0.1) is 0 Å². The third-order valence-corrected chi connectivity index (χ3v) is 2.53. The van der Waals surface area contributed by atoms with E-state index in [2.05, 4.69) is 26.8 Å². The molecule has 0 spiro atoms. The molecule has 2 N–H and O–H groups in total. The van der Waals surface area contributed by atoms with Gasteiger partial charge in [-0.2, -0.15) is 0 Å². The van der Waals surface area contributed by atoms with Crippen LogP contribution in [0.4, 0.5) is 0 Å². The monoisotopic (exact) mass is 217 g/mol. The largest absolute Gasteiger partial charge is 0.366 e. The first kappa shape index (κ1) is 12.5. The van der Waals surface area contributed by atoms with Crippen molar-refractivity contribution in [3.63, 3.8) is 0 Å². The Balaban J connectivity index is 3.25. The topological polar surface area (TPSA) is 43.1 Å². The van der Waals surface area contributed by atoms with Crippen molar-refractivity contribution >= 4 is 12.0 Å². The van der Waals surface area contributed by atoms with Crippen LogP contribution in [0.1, 0.15) is 38.8 Å². The maximum atomic E-state index is 11.0. The van der Waals surface area contributed by atoms with Crippen LogP contribution in [0.25, 0.3) is 6.08 Å². The Morgan fingerprint density at radius 1 is 1.25 bits per heavy atom. The fourth-order valence-corrected chi connectivity index (χ4v) is 1.61. The summed E-state index contributed by atoms with van der Waals surface area (Å²) >= 11 is 0. The van der Waals surface area contributed by atoms with Gasteiger partial charge in [0.05, 0.1) is 0 Å². The van der Waals surface area contributed by atoms with E-state index in [0.29, 0.717) is 5.57 Å². The van der Waals surface area contributed by atoms with Gasteiger partial charge in [0, 0.05) is 5.57 Å². The standard InChI is InChI=1S/C14H19NO/c1-10(13(15)16)9-11-7-5-6-8-12(11)14(2,3)4/h5-9H,1-4H3,(H2,15,16)/b10-9+. The first-order valence-corrected chi connectivity index (χ1v) is 5.40. The van der Waals surface area contributed by atoms with Gasteiger partial charge in [0.25, 0.3) is 0 Å². The fraction of sp³-hybridized carbons (Fsp3) is 0.357. The molecule has 0 aliphatic carbocycles. The zero-order valence-corrected chi connectivity index (χ0v) is 10.4. The highest BCUT2D eigenvalue weighted by molar-refractivity contribution is 5.96. The molecule has 0 unspecified atom stereocenters. The molecule has 0 bridgehead atoms. The number of amides is 1. The molecule has 1 rings (SSSR count). The lowest BCUT2D eigenvalue weighted by molar-refractivity contribution is -0.114. The molecule has 16 heavy (non-hydrogen) atoms. The zero-order chi connectivity index (χ0) is 12.3. The molecular formula is C14H19NO. The summed E-state index contributed by atoms with van der Waals surface area (Å²) in [7, 11) is 0. The van der Waals surface area contributed by atoms with Gasteiger partial charge in [-0.1, -0.05) is 45.0 Å². The lowest BCUT2D eigenvalue weighted by Crippen LogP contribution is -2.14. The molecule has 0 fully saturated rings. The number of hydrogen-bond donors (Lipinski definition) is 1. The van der Waals surface area contributed by atoms with Crippen LogP contribution in [0.2, 0.25) is 0 Å². The van der Waals surface area contributed by atoms with Gasteiger partial charge < -0.3 is 5.73 Å². The average molecular weight is 217 g/mol. The number of hydrogen-bond acceptors (Lipinski definition) is 1. The van der Waals surface area contributed by atoms with Crippen molar-refractivity contribution in [1.82, 2.24) is 0 Å². The Bertz CT molecular complexity index is 425. The molecule has 1 amide bonds. The number of rotatable bonds is 2. The van der Waals surface area contributed by atoms with Crippen molar-refractivity contribution in [2.75, 3.05) is 0 Å². The summed E-state index contributed by atoms with van der Waals surface area (Å²) in [5.41, 5.74) is 8.16. The lowest BCUT2D eigenvalue weighted by atomic mass is 9.83. The van der Waals surface area contributed by atoms with E-state index in [1.165, 1.54) is 5.56 Å². The van der Waals surface area contributed by atoms with E-state index in [1.807, 2.05) is 24.3 Å². The van der Waals surface area contributed by atoms with Crippen molar-refractivity contribution in [1.29, 1.82) is 0 Å². The molecule has 1 aromatic carbocycles. The summed E-state index contributed by atoms with van der Waals surface area (Å²) in [6.45, 7) is 8.19. The molecule has 0 aliphatic rings. The van der Waals surface area contributed by atoms with Gasteiger partial charge in [0.15, 0.2) is 0 Å². The van der Waals surface area contributed by atoms with Crippen LogP contribution in [0, 0.1) is 0 Å². The summed E-state index contributed by atoms with van der Waals surface area (Å²) in [5, 5.41) is 0. The van der Waals surface area contributed by atoms with Crippen LogP contribution in [0.3, 0.4) is 0 Å². The summed E-state index contributed by atoms with van der Waals surface area (Å²) in [6, 6.07) is 8.07. The fourth-order valence-electron chi connectivity index (χ4n) is 1.61. The number of carbonyl (C=O) groups excluding carboxylic acids is 1. The molecule has 0 radical (unpaired) electrons. The van der Waals surface area contributed by atoms with Crippen molar-refractivity contribution in [3.05, 3.63) is 41.0 Å². The molecule has 0 saturated carbocycles. The second-order valence-corrected chi connectivity index (χ2v) is 5.03. The van der Waals surface area contributed by atoms with Crippen LogP contribution in [-0.2, 0) is 10.2 Å². The molecule has 0 atom stereocenters. The van der Waals surface area contributed by atoms with Gasteiger partial charge >= 0.3 is 0 Å². The van der Waals surface area contributed by atoms with Gasteiger partial charge in [-0.25, -0.2) is 0 Å². The van der Waals surface area contributed by atoms with E-state index in [-0.39, 0.29) is 11.3 Å². The highest BCUT2D eigenvalue weighted by atomic mass is 16.1. The number of carbonyl (C=O) groups is 1. The molecule has 86 valence electrons. The van der Waals surface area contributed by atoms with Crippen LogP contribution in [-0.4, -0.2) is 5.91 Å². The van der Waals surface area contributed by atoms with E-state index < -0.39 is 0 Å². The Hall–Kier alpha value is -1.57. The minimum atomic E-state index is -0.372. The van der Waals surface area contributed by atoms with Crippen LogP contribution < -0.4 is 5.73 Å². The van der Waals surface area contributed by atoms with Gasteiger partial charge in [-0.3, -0.25) is 4.79 Å². The number of nitrogens with two attached hydrogens (primary N) is 1. The number of benzene rings is 1. The van der Waals surface area contributed by atoms with Gasteiger partial charge in [0.1, 0.15) is 0 Å². The Morgan fingerprint density at radius 2 is 1.81 bits per heavy atom. The molecule has 0 saturated heterocycles. The highest BCUT2D eigenvalue weighted by Crippen LogP contribution is 2.27. The van der Waals surface area contributed by atoms with Crippen molar-refractivity contribution < 1.29 is 4.79 Å². The van der Waals surface area contributed by atoms with Crippen LogP contribution in [0.15, 0.2) is 29.8 Å². The Morgan fingerprint density at radius 3 is 2.31 bits per heavy atom. The summed E-state index contributed by atoms with van der Waals surface area (Å²) < 4.78 is 0. The van der Waals surface area contributed by atoms with Crippen molar-refractivity contribution in [2.45, 2.75) is 33.1 Å². The first-order valence-electron chi connectivity index (χ1n) is 5.40. The van der Waals surface area contributed by atoms with E-state index in [0.717, 1.165) is 5.56 Å². The maximum absolute atomic E-state index is 11.0. The molecule has 0 aliphatic heterocycles. The molecular weight excluding hydrogens is 198 g/mol. The van der Waals surface area contributed by atoms with Crippen molar-refractivity contribution in [3.8, 4) is 0 Å². The van der Waals surface area contributed by atoms with Crippen molar-refractivity contribution in [2.24, 2.45) is 5.73 Å². The molecule has 2 heteroatoms. The minimum Gasteiger partial charge on any atom is -0.366 e. The molecule has 1 aromatic rings. The SMILES string of the molecule is C/C(=C\c1ccccc1C(C)(C)C)C(N)=O. The predicted molar refractivity (Wildman–Crippen MR) is 68.0 cm³/mol. The van der Waals surface area contributed by atoms with Gasteiger partial charge in [0.2, 0.25) is 5.91 Å².